The molecule has 0 spiro atoms. The van der Waals surface area contributed by atoms with Crippen molar-refractivity contribution >= 4 is 11.8 Å². The zero-order valence-corrected chi connectivity index (χ0v) is 14.4. The highest BCUT2D eigenvalue weighted by Crippen LogP contribution is 2.60. The van der Waals surface area contributed by atoms with Gasteiger partial charge in [-0.2, -0.15) is 0 Å². The van der Waals surface area contributed by atoms with Crippen LogP contribution in [0.3, 0.4) is 0 Å². The third kappa shape index (κ3) is 3.02. The quantitative estimate of drug-likeness (QED) is 0.842. The van der Waals surface area contributed by atoms with E-state index >= 15 is 0 Å². The highest BCUT2D eigenvalue weighted by Gasteiger charge is 2.54. The summed E-state index contributed by atoms with van der Waals surface area (Å²) >= 11 is 0. The summed E-state index contributed by atoms with van der Waals surface area (Å²) < 4.78 is 0. The molecule has 4 nitrogen and oxygen atoms in total. The molecule has 0 heterocycles. The molecular weight excluding hydrogens is 276 g/mol. The minimum atomic E-state index is -0.459. The molecule has 4 aliphatic rings. The molecule has 0 aromatic carbocycles. The zero-order chi connectivity index (χ0) is 16.1. The molecule has 1 atom stereocenters. The minimum absolute atomic E-state index is 0.0921. The Labute approximate surface area is 133 Å². The van der Waals surface area contributed by atoms with Crippen molar-refractivity contribution in [3.63, 3.8) is 0 Å². The first-order valence-corrected chi connectivity index (χ1v) is 8.80. The lowest BCUT2D eigenvalue weighted by atomic mass is 9.49. The SMILES string of the molecule is CC(NC(=O)C12CC3CC(CC(C3)C1)C2)C(=O)NC(C)(C)C. The van der Waals surface area contributed by atoms with Crippen LogP contribution in [-0.4, -0.2) is 23.4 Å². The Kier molecular flexibility index (Phi) is 3.77. The fourth-order valence-corrected chi connectivity index (χ4v) is 5.28. The molecule has 0 aliphatic heterocycles. The van der Waals surface area contributed by atoms with Crippen LogP contribution in [0, 0.1) is 23.2 Å². The summed E-state index contributed by atoms with van der Waals surface area (Å²) in [6.07, 6.45) is 7.10. The summed E-state index contributed by atoms with van der Waals surface area (Å²) in [6.45, 7) is 7.66. The van der Waals surface area contributed by atoms with Gasteiger partial charge in [0, 0.05) is 11.0 Å². The smallest absolute Gasteiger partial charge is 0.242 e. The molecule has 2 amide bonds. The molecule has 0 radical (unpaired) electrons. The predicted octanol–water partition coefficient (Wildman–Crippen LogP) is 2.62. The maximum Gasteiger partial charge on any atom is 0.242 e. The van der Waals surface area contributed by atoms with Crippen molar-refractivity contribution in [3.8, 4) is 0 Å². The maximum atomic E-state index is 12.9. The number of carbonyl (C=O) groups is 2. The molecule has 2 N–H and O–H groups in total. The van der Waals surface area contributed by atoms with Gasteiger partial charge in [-0.1, -0.05) is 0 Å². The van der Waals surface area contributed by atoms with Gasteiger partial charge < -0.3 is 10.6 Å². The van der Waals surface area contributed by atoms with Gasteiger partial charge in [0.1, 0.15) is 6.04 Å². The molecule has 1 unspecified atom stereocenters. The second kappa shape index (κ2) is 5.24. The zero-order valence-electron chi connectivity index (χ0n) is 14.4. The number of hydrogen-bond acceptors (Lipinski definition) is 2. The summed E-state index contributed by atoms with van der Waals surface area (Å²) in [6, 6.07) is -0.459. The summed E-state index contributed by atoms with van der Waals surface area (Å²) in [5.41, 5.74) is -0.443. The van der Waals surface area contributed by atoms with Gasteiger partial charge in [-0.25, -0.2) is 0 Å². The van der Waals surface area contributed by atoms with Gasteiger partial charge in [0.2, 0.25) is 11.8 Å². The molecule has 0 aromatic rings. The van der Waals surface area contributed by atoms with Crippen molar-refractivity contribution in [2.24, 2.45) is 23.2 Å². The van der Waals surface area contributed by atoms with Crippen LogP contribution in [-0.2, 0) is 9.59 Å². The van der Waals surface area contributed by atoms with E-state index in [1.165, 1.54) is 19.3 Å². The fraction of sp³-hybridized carbons (Fsp3) is 0.889. The van der Waals surface area contributed by atoms with Crippen molar-refractivity contribution in [2.45, 2.75) is 77.8 Å². The van der Waals surface area contributed by atoms with Crippen molar-refractivity contribution < 1.29 is 9.59 Å². The van der Waals surface area contributed by atoms with Crippen LogP contribution in [0.2, 0.25) is 0 Å². The molecule has 124 valence electrons. The van der Waals surface area contributed by atoms with Gasteiger partial charge in [-0.15, -0.1) is 0 Å². The lowest BCUT2D eigenvalue weighted by Crippen LogP contribution is -2.57. The molecule has 4 heteroatoms. The minimum Gasteiger partial charge on any atom is -0.350 e. The molecule has 0 aromatic heterocycles. The molecule has 4 rings (SSSR count). The largest absolute Gasteiger partial charge is 0.350 e. The van der Waals surface area contributed by atoms with Crippen molar-refractivity contribution in [1.82, 2.24) is 10.6 Å². The second-order valence-electron chi connectivity index (χ2n) is 9.13. The third-order valence-corrected chi connectivity index (χ3v) is 5.76. The molecule has 4 bridgehead atoms. The van der Waals surface area contributed by atoms with Gasteiger partial charge in [0.25, 0.3) is 0 Å². The number of carbonyl (C=O) groups excluding carboxylic acids is 2. The van der Waals surface area contributed by atoms with Crippen LogP contribution in [0.1, 0.15) is 66.2 Å². The predicted molar refractivity (Wildman–Crippen MR) is 86.1 cm³/mol. The summed E-state index contributed by atoms with van der Waals surface area (Å²) in [4.78, 5) is 25.1. The third-order valence-electron chi connectivity index (χ3n) is 5.76. The standard InChI is InChI=1S/C18H30N2O2/c1-11(15(21)20-17(2,3)4)19-16(22)18-8-12-5-13(9-18)7-14(6-12)10-18/h11-14H,5-10H2,1-4H3,(H,19,22)(H,20,21). The van der Waals surface area contributed by atoms with E-state index in [9.17, 15) is 9.59 Å². The highest BCUT2D eigenvalue weighted by molar-refractivity contribution is 5.90. The van der Waals surface area contributed by atoms with Gasteiger partial charge >= 0.3 is 0 Å². The normalized spacial score (nSPS) is 37.7. The van der Waals surface area contributed by atoms with Crippen LogP contribution in [0.25, 0.3) is 0 Å². The van der Waals surface area contributed by atoms with Crippen molar-refractivity contribution in [2.75, 3.05) is 0 Å². The highest BCUT2D eigenvalue weighted by atomic mass is 16.2. The fourth-order valence-electron chi connectivity index (χ4n) is 5.28. The van der Waals surface area contributed by atoms with E-state index in [0.717, 1.165) is 37.0 Å². The van der Waals surface area contributed by atoms with E-state index in [1.807, 2.05) is 20.8 Å². The summed E-state index contributed by atoms with van der Waals surface area (Å²) in [7, 11) is 0. The first-order chi connectivity index (χ1) is 10.2. The van der Waals surface area contributed by atoms with Gasteiger partial charge in [-0.05, 0) is 84.0 Å². The van der Waals surface area contributed by atoms with Crippen LogP contribution in [0.5, 0.6) is 0 Å². The monoisotopic (exact) mass is 306 g/mol. The average Bonchev–Trinajstić information content (AvgIpc) is 2.34. The van der Waals surface area contributed by atoms with Crippen LogP contribution >= 0.6 is 0 Å². The molecule has 22 heavy (non-hydrogen) atoms. The molecule has 4 saturated carbocycles. The topological polar surface area (TPSA) is 58.2 Å². The Bertz CT molecular complexity index is 443. The number of nitrogens with one attached hydrogen (secondary N) is 2. The van der Waals surface area contributed by atoms with E-state index in [-0.39, 0.29) is 22.8 Å². The Morgan fingerprint density at radius 1 is 1.00 bits per heavy atom. The number of amides is 2. The molecule has 4 aliphatic carbocycles. The van der Waals surface area contributed by atoms with Gasteiger partial charge in [0.15, 0.2) is 0 Å². The van der Waals surface area contributed by atoms with Gasteiger partial charge in [0.05, 0.1) is 0 Å². The Morgan fingerprint density at radius 3 is 1.86 bits per heavy atom. The van der Waals surface area contributed by atoms with Crippen LogP contribution < -0.4 is 10.6 Å². The van der Waals surface area contributed by atoms with Crippen LogP contribution in [0.4, 0.5) is 0 Å². The lowest BCUT2D eigenvalue weighted by molar-refractivity contribution is -0.148. The first-order valence-electron chi connectivity index (χ1n) is 8.80. The van der Waals surface area contributed by atoms with E-state index in [1.54, 1.807) is 6.92 Å². The first kappa shape index (κ1) is 15.8. The number of rotatable bonds is 3. The summed E-state index contributed by atoms with van der Waals surface area (Å²) in [5, 5.41) is 5.95. The molecule has 0 saturated heterocycles. The lowest BCUT2D eigenvalue weighted by Gasteiger charge is -2.55. The van der Waals surface area contributed by atoms with Gasteiger partial charge in [-0.3, -0.25) is 9.59 Å². The van der Waals surface area contributed by atoms with Crippen molar-refractivity contribution in [3.05, 3.63) is 0 Å². The Balaban J connectivity index is 1.63. The Morgan fingerprint density at radius 2 is 1.45 bits per heavy atom. The Hall–Kier alpha value is -1.06. The van der Waals surface area contributed by atoms with E-state index in [2.05, 4.69) is 10.6 Å². The average molecular weight is 306 g/mol. The van der Waals surface area contributed by atoms with E-state index < -0.39 is 6.04 Å². The molecular formula is C18H30N2O2. The second-order valence-corrected chi connectivity index (χ2v) is 9.13. The maximum absolute atomic E-state index is 12.9. The summed E-state index contributed by atoms with van der Waals surface area (Å²) in [5.74, 6) is 2.27. The van der Waals surface area contributed by atoms with Crippen LogP contribution in [0.15, 0.2) is 0 Å². The molecule has 4 fully saturated rings. The van der Waals surface area contributed by atoms with E-state index in [0.29, 0.717) is 0 Å². The number of hydrogen-bond donors (Lipinski definition) is 2. The van der Waals surface area contributed by atoms with E-state index in [4.69, 9.17) is 0 Å². The van der Waals surface area contributed by atoms with Crippen molar-refractivity contribution in [1.29, 1.82) is 0 Å².